The molecule has 1 aromatic heterocycles. The van der Waals surface area contributed by atoms with E-state index in [-0.39, 0.29) is 18.3 Å². The third kappa shape index (κ3) is 3.88. The fourth-order valence-corrected chi connectivity index (χ4v) is 3.83. The Morgan fingerprint density at radius 1 is 1.23 bits per heavy atom. The van der Waals surface area contributed by atoms with Crippen molar-refractivity contribution < 1.29 is 9.32 Å². The van der Waals surface area contributed by atoms with Gasteiger partial charge < -0.3 is 14.7 Å². The highest BCUT2D eigenvalue weighted by atomic mass is 35.5. The van der Waals surface area contributed by atoms with E-state index in [1.165, 1.54) is 0 Å². The SMILES string of the molecule is Cl.O=C(c1cc(-c2ccccc2Cl)on1)N1CCC(N2CCNCC2)C1. The summed E-state index contributed by atoms with van der Waals surface area (Å²) in [6.07, 6.45) is 1.01. The molecule has 140 valence electrons. The molecule has 1 aromatic carbocycles. The van der Waals surface area contributed by atoms with Gasteiger partial charge in [-0.1, -0.05) is 28.9 Å². The lowest BCUT2D eigenvalue weighted by Gasteiger charge is -2.32. The van der Waals surface area contributed by atoms with Gasteiger partial charge in [0, 0.05) is 56.9 Å². The van der Waals surface area contributed by atoms with E-state index in [2.05, 4.69) is 15.4 Å². The summed E-state index contributed by atoms with van der Waals surface area (Å²) in [4.78, 5) is 17.1. The lowest BCUT2D eigenvalue weighted by atomic mass is 10.1. The second-order valence-corrected chi connectivity index (χ2v) is 6.94. The van der Waals surface area contributed by atoms with E-state index in [0.29, 0.717) is 22.5 Å². The van der Waals surface area contributed by atoms with Gasteiger partial charge in [0.15, 0.2) is 11.5 Å². The van der Waals surface area contributed by atoms with E-state index in [9.17, 15) is 4.79 Å². The minimum Gasteiger partial charge on any atom is -0.355 e. The molecular formula is C18H22Cl2N4O2. The van der Waals surface area contributed by atoms with Crippen LogP contribution >= 0.6 is 24.0 Å². The molecule has 8 heteroatoms. The number of carbonyl (C=O) groups excluding carboxylic acids is 1. The molecule has 1 atom stereocenters. The number of nitrogens with one attached hydrogen (secondary N) is 1. The molecule has 1 N–H and O–H groups in total. The number of benzene rings is 1. The number of likely N-dealkylation sites (tertiary alicyclic amines) is 1. The number of piperazine rings is 1. The molecule has 26 heavy (non-hydrogen) atoms. The fraction of sp³-hybridized carbons (Fsp3) is 0.444. The zero-order chi connectivity index (χ0) is 17.2. The maximum Gasteiger partial charge on any atom is 0.276 e. The van der Waals surface area contributed by atoms with Gasteiger partial charge in [0.1, 0.15) is 0 Å². The summed E-state index contributed by atoms with van der Waals surface area (Å²) < 4.78 is 5.35. The first-order valence-corrected chi connectivity index (χ1v) is 9.06. The standard InChI is InChI=1S/C18H21ClN4O2.ClH/c19-15-4-2-1-3-14(15)17-11-16(21-25-17)18(24)23-8-5-13(12-23)22-9-6-20-7-10-22;/h1-4,11,13,20H,5-10,12H2;1H. The van der Waals surface area contributed by atoms with E-state index in [1.54, 1.807) is 12.1 Å². The average molecular weight is 397 g/mol. The monoisotopic (exact) mass is 396 g/mol. The Balaban J connectivity index is 0.00000196. The molecule has 3 heterocycles. The van der Waals surface area contributed by atoms with Gasteiger partial charge in [-0.05, 0) is 18.6 Å². The topological polar surface area (TPSA) is 61.6 Å². The molecule has 1 amide bonds. The van der Waals surface area contributed by atoms with Crippen LogP contribution in [0.5, 0.6) is 0 Å². The number of rotatable bonds is 3. The highest BCUT2D eigenvalue weighted by Crippen LogP contribution is 2.28. The highest BCUT2D eigenvalue weighted by molar-refractivity contribution is 6.33. The summed E-state index contributed by atoms with van der Waals surface area (Å²) in [5.74, 6) is 0.450. The van der Waals surface area contributed by atoms with Crippen molar-refractivity contribution in [2.75, 3.05) is 39.3 Å². The molecule has 6 nitrogen and oxygen atoms in total. The smallest absolute Gasteiger partial charge is 0.276 e. The van der Waals surface area contributed by atoms with Crippen molar-refractivity contribution in [1.82, 2.24) is 20.3 Å². The van der Waals surface area contributed by atoms with Crippen LogP contribution in [0.1, 0.15) is 16.9 Å². The van der Waals surface area contributed by atoms with Crippen LogP contribution in [-0.4, -0.2) is 66.2 Å². The normalized spacial score (nSPS) is 20.8. The molecule has 0 spiro atoms. The van der Waals surface area contributed by atoms with Crippen molar-refractivity contribution in [3.8, 4) is 11.3 Å². The average Bonchev–Trinajstić information content (AvgIpc) is 3.32. The van der Waals surface area contributed by atoms with Crippen molar-refractivity contribution in [2.24, 2.45) is 0 Å². The van der Waals surface area contributed by atoms with Crippen molar-refractivity contribution >= 4 is 29.9 Å². The summed E-state index contributed by atoms with van der Waals surface area (Å²) in [5, 5.41) is 7.91. The predicted molar refractivity (Wildman–Crippen MR) is 103 cm³/mol. The number of aromatic nitrogens is 1. The minimum atomic E-state index is -0.0697. The Morgan fingerprint density at radius 2 is 2.00 bits per heavy atom. The first-order chi connectivity index (χ1) is 12.2. The maximum atomic E-state index is 12.7. The highest BCUT2D eigenvalue weighted by Gasteiger charge is 2.32. The van der Waals surface area contributed by atoms with Crippen molar-refractivity contribution in [1.29, 1.82) is 0 Å². The number of nitrogens with zero attached hydrogens (tertiary/aromatic N) is 3. The molecule has 0 aliphatic carbocycles. The van der Waals surface area contributed by atoms with Gasteiger partial charge in [-0.25, -0.2) is 0 Å². The Morgan fingerprint density at radius 3 is 2.77 bits per heavy atom. The van der Waals surface area contributed by atoms with Gasteiger partial charge >= 0.3 is 0 Å². The van der Waals surface area contributed by atoms with Crippen molar-refractivity contribution in [3.63, 3.8) is 0 Å². The minimum absolute atomic E-state index is 0. The summed E-state index contributed by atoms with van der Waals surface area (Å²) in [5.41, 5.74) is 1.09. The van der Waals surface area contributed by atoms with E-state index >= 15 is 0 Å². The number of halogens is 2. The second kappa shape index (κ2) is 8.39. The molecule has 2 aliphatic rings. The fourth-order valence-electron chi connectivity index (χ4n) is 3.60. The molecule has 2 saturated heterocycles. The van der Waals surface area contributed by atoms with Crippen LogP contribution in [0.4, 0.5) is 0 Å². The Labute approximate surface area is 163 Å². The van der Waals surface area contributed by atoms with Crippen LogP contribution in [0.25, 0.3) is 11.3 Å². The Kier molecular flexibility index (Phi) is 6.19. The molecule has 0 radical (unpaired) electrons. The summed E-state index contributed by atoms with van der Waals surface area (Å²) >= 11 is 6.19. The van der Waals surface area contributed by atoms with Crippen molar-refractivity contribution in [2.45, 2.75) is 12.5 Å². The van der Waals surface area contributed by atoms with E-state index < -0.39 is 0 Å². The third-order valence-corrected chi connectivity index (χ3v) is 5.32. The summed E-state index contributed by atoms with van der Waals surface area (Å²) in [7, 11) is 0. The molecule has 0 saturated carbocycles. The van der Waals surface area contributed by atoms with Gasteiger partial charge in [-0.15, -0.1) is 12.4 Å². The van der Waals surface area contributed by atoms with E-state index in [1.807, 2.05) is 23.1 Å². The Hall–Kier alpha value is -1.60. The van der Waals surface area contributed by atoms with E-state index in [4.69, 9.17) is 16.1 Å². The summed E-state index contributed by atoms with van der Waals surface area (Å²) in [6, 6.07) is 9.51. The lowest BCUT2D eigenvalue weighted by molar-refractivity contribution is 0.0763. The molecule has 4 rings (SSSR count). The molecule has 2 fully saturated rings. The number of carbonyl (C=O) groups is 1. The predicted octanol–water partition coefficient (Wildman–Crippen LogP) is 2.54. The van der Waals surface area contributed by atoms with Gasteiger partial charge in [-0.3, -0.25) is 9.69 Å². The van der Waals surface area contributed by atoms with Crippen LogP contribution in [0.3, 0.4) is 0 Å². The molecule has 1 unspecified atom stereocenters. The second-order valence-electron chi connectivity index (χ2n) is 6.54. The van der Waals surface area contributed by atoms with Crippen molar-refractivity contribution in [3.05, 3.63) is 41.0 Å². The van der Waals surface area contributed by atoms with Crippen LogP contribution in [0.2, 0.25) is 5.02 Å². The zero-order valence-electron chi connectivity index (χ0n) is 14.4. The van der Waals surface area contributed by atoms with Crippen LogP contribution in [0, 0.1) is 0 Å². The van der Waals surface area contributed by atoms with Gasteiger partial charge in [0.25, 0.3) is 5.91 Å². The number of hydrogen-bond donors (Lipinski definition) is 1. The van der Waals surface area contributed by atoms with Gasteiger partial charge in [0.2, 0.25) is 0 Å². The van der Waals surface area contributed by atoms with Crippen LogP contribution in [-0.2, 0) is 0 Å². The van der Waals surface area contributed by atoms with Gasteiger partial charge in [-0.2, -0.15) is 0 Å². The van der Waals surface area contributed by atoms with E-state index in [0.717, 1.165) is 51.3 Å². The first kappa shape index (κ1) is 19.2. The lowest BCUT2D eigenvalue weighted by Crippen LogP contribution is -2.49. The maximum absolute atomic E-state index is 12.7. The Bertz CT molecular complexity index is 761. The number of amides is 1. The quantitative estimate of drug-likeness (QED) is 0.863. The summed E-state index contributed by atoms with van der Waals surface area (Å²) in [6.45, 7) is 5.67. The number of hydrogen-bond acceptors (Lipinski definition) is 5. The molecule has 2 aromatic rings. The first-order valence-electron chi connectivity index (χ1n) is 8.68. The largest absolute Gasteiger partial charge is 0.355 e. The van der Waals surface area contributed by atoms with Gasteiger partial charge in [0.05, 0.1) is 5.02 Å². The van der Waals surface area contributed by atoms with Crippen LogP contribution < -0.4 is 5.32 Å². The third-order valence-electron chi connectivity index (χ3n) is 4.99. The zero-order valence-corrected chi connectivity index (χ0v) is 15.9. The molecular weight excluding hydrogens is 375 g/mol. The molecule has 0 bridgehead atoms. The molecule has 2 aliphatic heterocycles. The van der Waals surface area contributed by atoms with Crippen LogP contribution in [0.15, 0.2) is 34.9 Å².